The quantitative estimate of drug-likeness (QED) is 0.714. The van der Waals surface area contributed by atoms with Gasteiger partial charge >= 0.3 is 6.09 Å². The molecule has 21 heavy (non-hydrogen) atoms. The number of aryl methyl sites for hydroxylation is 1. The number of para-hydroxylation sites is 1. The van der Waals surface area contributed by atoms with Crippen LogP contribution in [0.25, 0.3) is 0 Å². The number of halogens is 1. The lowest BCUT2D eigenvalue weighted by Gasteiger charge is -2.14. The minimum Gasteiger partial charge on any atom is -0.410 e. The highest BCUT2D eigenvalue weighted by Crippen LogP contribution is 2.29. The molecule has 0 aromatic heterocycles. The summed E-state index contributed by atoms with van der Waals surface area (Å²) in [5.74, 6) is 0.990. The van der Waals surface area contributed by atoms with E-state index in [1.54, 1.807) is 0 Å². The van der Waals surface area contributed by atoms with Gasteiger partial charge in [-0.05, 0) is 70.8 Å². The second kappa shape index (κ2) is 6.93. The Labute approximate surface area is 138 Å². The van der Waals surface area contributed by atoms with Crippen molar-refractivity contribution in [3.05, 3.63) is 57.2 Å². The van der Waals surface area contributed by atoms with Crippen LogP contribution in [0, 0.1) is 10.5 Å². The van der Waals surface area contributed by atoms with Crippen molar-refractivity contribution < 1.29 is 9.53 Å². The van der Waals surface area contributed by atoms with E-state index in [1.807, 2.05) is 49.4 Å². The van der Waals surface area contributed by atoms with Crippen molar-refractivity contribution in [3.8, 4) is 5.75 Å². The zero-order chi connectivity index (χ0) is 15.4. The average Bonchev–Trinajstić information content (AvgIpc) is 2.42. The van der Waals surface area contributed by atoms with Crippen LogP contribution in [0.4, 0.5) is 10.5 Å². The molecule has 2 aromatic rings. The highest BCUT2D eigenvalue weighted by molar-refractivity contribution is 14.1. The summed E-state index contributed by atoms with van der Waals surface area (Å²) in [6, 6.07) is 13.3. The predicted molar refractivity (Wildman–Crippen MR) is 94.1 cm³/mol. The minimum atomic E-state index is -0.472. The first-order valence-electron chi connectivity index (χ1n) is 6.81. The second-order valence-electron chi connectivity index (χ2n) is 5.17. The lowest BCUT2D eigenvalue weighted by atomic mass is 10.0. The smallest absolute Gasteiger partial charge is 0.410 e. The van der Waals surface area contributed by atoms with E-state index in [-0.39, 0.29) is 0 Å². The fraction of sp³-hybridized carbons (Fsp3) is 0.235. The molecule has 0 saturated heterocycles. The Balaban J connectivity index is 2.15. The van der Waals surface area contributed by atoms with Crippen LogP contribution in [0.1, 0.15) is 30.9 Å². The molecule has 0 aliphatic carbocycles. The molecule has 2 aromatic carbocycles. The van der Waals surface area contributed by atoms with E-state index < -0.39 is 6.09 Å². The van der Waals surface area contributed by atoms with Crippen LogP contribution in [-0.2, 0) is 0 Å². The largest absolute Gasteiger partial charge is 0.417 e. The number of hydrogen-bond acceptors (Lipinski definition) is 2. The van der Waals surface area contributed by atoms with Crippen molar-refractivity contribution in [2.24, 2.45) is 0 Å². The SMILES string of the molecule is Cc1cc(I)c(C(C)C)cc1OC(=O)Nc1ccccc1. The van der Waals surface area contributed by atoms with Crippen LogP contribution in [-0.4, -0.2) is 6.09 Å². The summed E-state index contributed by atoms with van der Waals surface area (Å²) in [4.78, 5) is 12.0. The Morgan fingerprint density at radius 3 is 2.48 bits per heavy atom. The number of benzene rings is 2. The third-order valence-electron chi connectivity index (χ3n) is 3.14. The number of hydrogen-bond donors (Lipinski definition) is 1. The Kier molecular flexibility index (Phi) is 5.22. The number of carbonyl (C=O) groups excluding carboxylic acids is 1. The van der Waals surface area contributed by atoms with Gasteiger partial charge < -0.3 is 4.74 Å². The molecule has 1 amide bonds. The molecule has 0 radical (unpaired) electrons. The van der Waals surface area contributed by atoms with E-state index in [4.69, 9.17) is 4.74 Å². The summed E-state index contributed by atoms with van der Waals surface area (Å²) >= 11 is 2.31. The number of rotatable bonds is 3. The number of ether oxygens (including phenoxy) is 1. The highest BCUT2D eigenvalue weighted by atomic mass is 127. The van der Waals surface area contributed by atoms with Crippen LogP contribution in [0.15, 0.2) is 42.5 Å². The number of carbonyl (C=O) groups is 1. The van der Waals surface area contributed by atoms with Gasteiger partial charge in [0.2, 0.25) is 0 Å². The molecule has 0 atom stereocenters. The molecule has 2 rings (SSSR count). The van der Waals surface area contributed by atoms with E-state index in [9.17, 15) is 4.79 Å². The maximum atomic E-state index is 12.0. The van der Waals surface area contributed by atoms with Crippen molar-refractivity contribution in [2.75, 3.05) is 5.32 Å². The molecule has 4 heteroatoms. The van der Waals surface area contributed by atoms with Crippen molar-refractivity contribution >= 4 is 34.4 Å². The molecule has 0 aliphatic heterocycles. The van der Waals surface area contributed by atoms with Crippen molar-refractivity contribution in [1.82, 2.24) is 0 Å². The maximum absolute atomic E-state index is 12.0. The standard InChI is InChI=1S/C17H18INO2/c1-11(2)14-10-16(12(3)9-15(14)18)21-17(20)19-13-7-5-4-6-8-13/h4-11H,1-3H3,(H,19,20). The lowest BCUT2D eigenvalue weighted by Crippen LogP contribution is -2.17. The first kappa shape index (κ1) is 15.8. The topological polar surface area (TPSA) is 38.3 Å². The number of nitrogens with one attached hydrogen (secondary N) is 1. The van der Waals surface area contributed by atoms with Gasteiger partial charge in [0.15, 0.2) is 0 Å². The molecule has 110 valence electrons. The number of amides is 1. The van der Waals surface area contributed by atoms with Gasteiger partial charge in [0, 0.05) is 9.26 Å². The Bertz CT molecular complexity index is 639. The molecule has 0 heterocycles. The third-order valence-corrected chi connectivity index (χ3v) is 4.07. The van der Waals surface area contributed by atoms with Crippen LogP contribution < -0.4 is 10.1 Å². The van der Waals surface area contributed by atoms with Gasteiger partial charge in [-0.2, -0.15) is 0 Å². The van der Waals surface area contributed by atoms with Gasteiger partial charge in [0.1, 0.15) is 5.75 Å². The molecule has 0 aliphatic rings. The zero-order valence-electron chi connectivity index (χ0n) is 12.3. The summed E-state index contributed by atoms with van der Waals surface area (Å²) in [5.41, 5.74) is 2.85. The molecule has 3 nitrogen and oxygen atoms in total. The summed E-state index contributed by atoms with van der Waals surface area (Å²) in [5, 5.41) is 2.72. The monoisotopic (exact) mass is 395 g/mol. The van der Waals surface area contributed by atoms with E-state index in [0.29, 0.717) is 11.7 Å². The van der Waals surface area contributed by atoms with Crippen LogP contribution in [0.2, 0.25) is 0 Å². The first-order valence-corrected chi connectivity index (χ1v) is 7.89. The molecule has 1 N–H and O–H groups in total. The number of anilines is 1. The Morgan fingerprint density at radius 2 is 1.86 bits per heavy atom. The van der Waals surface area contributed by atoms with Crippen LogP contribution in [0.3, 0.4) is 0 Å². The maximum Gasteiger partial charge on any atom is 0.417 e. The summed E-state index contributed by atoms with van der Waals surface area (Å²) in [7, 11) is 0. The Morgan fingerprint density at radius 1 is 1.19 bits per heavy atom. The Hall–Kier alpha value is -1.56. The lowest BCUT2D eigenvalue weighted by molar-refractivity contribution is 0.215. The van der Waals surface area contributed by atoms with E-state index in [2.05, 4.69) is 41.8 Å². The molecule has 0 saturated carbocycles. The van der Waals surface area contributed by atoms with Crippen molar-refractivity contribution in [2.45, 2.75) is 26.7 Å². The second-order valence-corrected chi connectivity index (χ2v) is 6.34. The van der Waals surface area contributed by atoms with Crippen molar-refractivity contribution in [3.63, 3.8) is 0 Å². The van der Waals surface area contributed by atoms with Gasteiger partial charge in [0.25, 0.3) is 0 Å². The van der Waals surface area contributed by atoms with E-state index >= 15 is 0 Å². The van der Waals surface area contributed by atoms with Gasteiger partial charge in [0.05, 0.1) is 0 Å². The van der Waals surface area contributed by atoms with Gasteiger partial charge in [-0.15, -0.1) is 0 Å². The molecular formula is C17H18INO2. The fourth-order valence-corrected chi connectivity index (χ4v) is 3.23. The molecule has 0 bridgehead atoms. The molecular weight excluding hydrogens is 377 g/mol. The summed E-state index contributed by atoms with van der Waals surface area (Å²) < 4.78 is 6.63. The van der Waals surface area contributed by atoms with Gasteiger partial charge in [-0.1, -0.05) is 32.0 Å². The molecule has 0 fully saturated rings. The third kappa shape index (κ3) is 4.20. The average molecular weight is 395 g/mol. The van der Waals surface area contributed by atoms with Crippen LogP contribution >= 0.6 is 22.6 Å². The molecule has 0 spiro atoms. The van der Waals surface area contributed by atoms with Crippen LogP contribution in [0.5, 0.6) is 5.75 Å². The zero-order valence-corrected chi connectivity index (χ0v) is 14.5. The predicted octanol–water partition coefficient (Wildman–Crippen LogP) is 5.33. The highest BCUT2D eigenvalue weighted by Gasteiger charge is 2.12. The normalized spacial score (nSPS) is 10.5. The van der Waals surface area contributed by atoms with E-state index in [0.717, 1.165) is 11.3 Å². The first-order chi connectivity index (χ1) is 9.97. The summed E-state index contributed by atoms with van der Waals surface area (Å²) in [6.07, 6.45) is -0.472. The van der Waals surface area contributed by atoms with E-state index in [1.165, 1.54) is 9.13 Å². The van der Waals surface area contributed by atoms with Crippen molar-refractivity contribution in [1.29, 1.82) is 0 Å². The fourth-order valence-electron chi connectivity index (χ4n) is 1.99. The van der Waals surface area contributed by atoms with Gasteiger partial charge in [-0.3, -0.25) is 5.32 Å². The minimum absolute atomic E-state index is 0.386. The molecule has 0 unspecified atom stereocenters. The van der Waals surface area contributed by atoms with Gasteiger partial charge in [-0.25, -0.2) is 4.79 Å². The summed E-state index contributed by atoms with van der Waals surface area (Å²) in [6.45, 7) is 6.19.